The third kappa shape index (κ3) is 6.79. The van der Waals surface area contributed by atoms with Crippen molar-refractivity contribution in [1.29, 1.82) is 0 Å². The predicted octanol–water partition coefficient (Wildman–Crippen LogP) is 4.73. The number of benzene rings is 1. The van der Waals surface area contributed by atoms with E-state index >= 15 is 0 Å². The summed E-state index contributed by atoms with van der Waals surface area (Å²) in [5.41, 5.74) is 0.826. The first kappa shape index (κ1) is 24.7. The van der Waals surface area contributed by atoms with E-state index in [-0.39, 0.29) is 36.5 Å². The van der Waals surface area contributed by atoms with Gasteiger partial charge in [0.1, 0.15) is 24.0 Å². The molecule has 1 fully saturated rings. The van der Waals surface area contributed by atoms with E-state index in [1.165, 1.54) is 0 Å². The Morgan fingerprint density at radius 2 is 2.00 bits per heavy atom. The number of hydrogen-bond donors (Lipinski definition) is 0. The maximum absolute atomic E-state index is 14.7. The number of Topliss-reactive ketones (excluding diaryl/α,β-unsaturated/α-hetero) is 1. The summed E-state index contributed by atoms with van der Waals surface area (Å²) >= 11 is 0. The lowest BCUT2D eigenvalue weighted by molar-refractivity contribution is -0.120. The molecule has 1 aliphatic rings. The molecule has 1 aliphatic heterocycles. The first-order valence-electron chi connectivity index (χ1n) is 10.8. The minimum Gasteiger partial charge on any atom is -0.489 e. The summed E-state index contributed by atoms with van der Waals surface area (Å²) < 4.78 is 63.8. The molecule has 2 atom stereocenters. The average molecular weight is 469 g/mol. The maximum Gasteiger partial charge on any atom is 0.278 e. The highest BCUT2D eigenvalue weighted by molar-refractivity contribution is 5.85. The van der Waals surface area contributed by atoms with Gasteiger partial charge in [-0.05, 0) is 24.1 Å². The van der Waals surface area contributed by atoms with Gasteiger partial charge in [-0.15, -0.1) is 0 Å². The van der Waals surface area contributed by atoms with Gasteiger partial charge in [0.05, 0.1) is 13.2 Å². The zero-order valence-electron chi connectivity index (χ0n) is 18.6. The number of rotatable bonds is 11. The number of carbonyl (C=O) groups is 1. The third-order valence-corrected chi connectivity index (χ3v) is 5.37. The fraction of sp³-hybridized carbons (Fsp3) is 0.522. The first-order valence-corrected chi connectivity index (χ1v) is 10.8. The first-order chi connectivity index (χ1) is 15.7. The Hall–Kier alpha value is -2.91. The molecule has 33 heavy (non-hydrogen) atoms. The van der Waals surface area contributed by atoms with E-state index < -0.39 is 30.9 Å². The van der Waals surface area contributed by atoms with Crippen LogP contribution in [-0.4, -0.2) is 54.1 Å². The fourth-order valence-electron chi connectivity index (χ4n) is 3.55. The summed E-state index contributed by atoms with van der Waals surface area (Å²) in [5, 5.41) is 0. The predicted molar refractivity (Wildman–Crippen MR) is 114 cm³/mol. The van der Waals surface area contributed by atoms with E-state index in [4.69, 9.17) is 9.47 Å². The van der Waals surface area contributed by atoms with Gasteiger partial charge >= 0.3 is 0 Å². The largest absolute Gasteiger partial charge is 0.489 e. The van der Waals surface area contributed by atoms with Gasteiger partial charge in [0.2, 0.25) is 5.82 Å². The van der Waals surface area contributed by atoms with Crippen LogP contribution in [0.1, 0.15) is 44.6 Å². The van der Waals surface area contributed by atoms with Gasteiger partial charge in [-0.1, -0.05) is 19.1 Å². The van der Waals surface area contributed by atoms with E-state index in [9.17, 15) is 22.4 Å². The van der Waals surface area contributed by atoms with Gasteiger partial charge in [-0.2, -0.15) is 9.37 Å². The molecule has 0 spiro atoms. The summed E-state index contributed by atoms with van der Waals surface area (Å²) in [6.45, 7) is 1.78. The Labute approximate surface area is 189 Å². The Balaban J connectivity index is 1.58. The monoisotopic (exact) mass is 469 g/mol. The summed E-state index contributed by atoms with van der Waals surface area (Å²) in [4.78, 5) is 21.3. The maximum atomic E-state index is 14.7. The molecule has 180 valence electrons. The molecule has 0 saturated carbocycles. The second kappa shape index (κ2) is 10.8. The van der Waals surface area contributed by atoms with Crippen LogP contribution in [0.5, 0.6) is 11.6 Å². The van der Waals surface area contributed by atoms with Gasteiger partial charge < -0.3 is 14.4 Å². The fourth-order valence-corrected chi connectivity index (χ4v) is 3.55. The van der Waals surface area contributed by atoms with Crippen LogP contribution < -0.4 is 14.4 Å². The standard InChI is InChI=1S/C23H27F4N3O3/c1-15(19(31)4-3-10-24)16-5-7-17(8-6-16)33-18-9-11-30(12-18)21-20(25)22(29-14-28-21)32-13-23(2,26)27/h5-8,14-15,18H,3-4,9-13H2,1-2H3. The van der Waals surface area contributed by atoms with Crippen molar-refractivity contribution < 1.29 is 31.8 Å². The van der Waals surface area contributed by atoms with Gasteiger partial charge in [-0.25, -0.2) is 13.8 Å². The van der Waals surface area contributed by atoms with Crippen LogP contribution in [0.2, 0.25) is 0 Å². The molecule has 2 unspecified atom stereocenters. The van der Waals surface area contributed by atoms with Crippen molar-refractivity contribution in [2.24, 2.45) is 0 Å². The lowest BCUT2D eigenvalue weighted by atomic mass is 9.94. The normalized spacial score (nSPS) is 17.2. The van der Waals surface area contributed by atoms with Crippen LogP contribution >= 0.6 is 0 Å². The zero-order chi connectivity index (χ0) is 24.0. The van der Waals surface area contributed by atoms with Gasteiger partial charge in [-0.3, -0.25) is 9.18 Å². The van der Waals surface area contributed by atoms with Crippen LogP contribution in [-0.2, 0) is 4.79 Å². The van der Waals surface area contributed by atoms with Crippen LogP contribution in [0.15, 0.2) is 30.6 Å². The Kier molecular flexibility index (Phi) is 8.10. The molecule has 6 nitrogen and oxygen atoms in total. The molecule has 0 bridgehead atoms. The Bertz CT molecular complexity index is 938. The third-order valence-electron chi connectivity index (χ3n) is 5.37. The van der Waals surface area contributed by atoms with Crippen LogP contribution in [0.25, 0.3) is 0 Å². The Morgan fingerprint density at radius 3 is 2.67 bits per heavy atom. The molecule has 2 heterocycles. The van der Waals surface area contributed by atoms with E-state index in [1.54, 1.807) is 36.1 Å². The zero-order valence-corrected chi connectivity index (χ0v) is 18.6. The van der Waals surface area contributed by atoms with Crippen molar-refractivity contribution in [2.45, 2.75) is 51.1 Å². The summed E-state index contributed by atoms with van der Waals surface area (Å²) in [6, 6.07) is 7.13. The summed E-state index contributed by atoms with van der Waals surface area (Å²) in [7, 11) is 0. The number of alkyl halides is 3. The van der Waals surface area contributed by atoms with E-state index in [0.29, 0.717) is 32.2 Å². The van der Waals surface area contributed by atoms with Crippen LogP contribution in [0.3, 0.4) is 0 Å². The topological polar surface area (TPSA) is 64.5 Å². The molecule has 1 aromatic carbocycles. The molecule has 1 aromatic heterocycles. The van der Waals surface area contributed by atoms with E-state index in [0.717, 1.165) is 11.9 Å². The van der Waals surface area contributed by atoms with Gasteiger partial charge in [0.15, 0.2) is 12.4 Å². The van der Waals surface area contributed by atoms with E-state index in [1.807, 2.05) is 0 Å². The van der Waals surface area contributed by atoms with E-state index in [2.05, 4.69) is 9.97 Å². The molecule has 1 saturated heterocycles. The second-order valence-corrected chi connectivity index (χ2v) is 8.20. The highest BCUT2D eigenvalue weighted by Crippen LogP contribution is 2.29. The number of nitrogens with zero attached hydrogens (tertiary/aromatic N) is 3. The lowest BCUT2D eigenvalue weighted by Gasteiger charge is -2.20. The molecule has 10 heteroatoms. The number of carbonyl (C=O) groups excluding carboxylic acids is 1. The highest BCUT2D eigenvalue weighted by atomic mass is 19.3. The highest BCUT2D eigenvalue weighted by Gasteiger charge is 2.30. The van der Waals surface area contributed by atoms with Crippen molar-refractivity contribution in [3.8, 4) is 11.6 Å². The minimum absolute atomic E-state index is 0.00867. The molecule has 3 rings (SSSR count). The smallest absolute Gasteiger partial charge is 0.278 e. The molecule has 0 amide bonds. The quantitative estimate of drug-likeness (QED) is 0.444. The number of ether oxygens (including phenoxy) is 2. The number of aromatic nitrogens is 2. The number of anilines is 1. The van der Waals surface area contributed by atoms with Crippen molar-refractivity contribution in [1.82, 2.24) is 9.97 Å². The second-order valence-electron chi connectivity index (χ2n) is 8.20. The SMILES string of the molecule is CC(C(=O)CCCF)c1ccc(OC2CCN(c3ncnc(OCC(C)(F)F)c3F)C2)cc1. The molecular formula is C23H27F4N3O3. The summed E-state index contributed by atoms with van der Waals surface area (Å²) in [5.74, 6) is -4.27. The van der Waals surface area contributed by atoms with Crippen LogP contribution in [0, 0.1) is 5.82 Å². The Morgan fingerprint density at radius 1 is 1.27 bits per heavy atom. The number of ketones is 1. The van der Waals surface area contributed by atoms with Crippen molar-refractivity contribution in [2.75, 3.05) is 31.3 Å². The minimum atomic E-state index is -3.11. The van der Waals surface area contributed by atoms with Crippen molar-refractivity contribution in [3.05, 3.63) is 42.0 Å². The number of halogens is 4. The average Bonchev–Trinajstić information content (AvgIpc) is 3.24. The molecule has 0 N–H and O–H groups in total. The summed E-state index contributed by atoms with van der Waals surface area (Å²) in [6.07, 6.45) is 1.88. The molecular weight excluding hydrogens is 442 g/mol. The lowest BCUT2D eigenvalue weighted by Crippen LogP contribution is -2.27. The molecule has 2 aromatic rings. The van der Waals surface area contributed by atoms with Gasteiger partial charge in [0, 0.05) is 32.2 Å². The number of hydrogen-bond acceptors (Lipinski definition) is 6. The van der Waals surface area contributed by atoms with Crippen molar-refractivity contribution in [3.63, 3.8) is 0 Å². The van der Waals surface area contributed by atoms with Gasteiger partial charge in [0.25, 0.3) is 11.8 Å². The molecule has 0 radical (unpaired) electrons. The van der Waals surface area contributed by atoms with Crippen molar-refractivity contribution >= 4 is 11.6 Å². The molecule has 0 aliphatic carbocycles. The van der Waals surface area contributed by atoms with Crippen LogP contribution in [0.4, 0.5) is 23.4 Å².